The molecule has 0 saturated carbocycles. The summed E-state index contributed by atoms with van der Waals surface area (Å²) in [7, 11) is 0. The van der Waals surface area contributed by atoms with Crippen LogP contribution in [-0.2, 0) is 32.2 Å². The van der Waals surface area contributed by atoms with Gasteiger partial charge in [0.05, 0.1) is 24.9 Å². The van der Waals surface area contributed by atoms with Crippen LogP contribution < -0.4 is 5.32 Å². The molecule has 1 aromatic heterocycles. The van der Waals surface area contributed by atoms with Gasteiger partial charge in [-0.05, 0) is 40.0 Å². The van der Waals surface area contributed by atoms with Crippen LogP contribution >= 0.6 is 0 Å². The van der Waals surface area contributed by atoms with Crippen LogP contribution in [0.4, 0.5) is 9.59 Å². The van der Waals surface area contributed by atoms with Gasteiger partial charge in [0, 0.05) is 32.1 Å². The highest BCUT2D eigenvalue weighted by atomic mass is 16.6. The van der Waals surface area contributed by atoms with E-state index in [1.807, 2.05) is 27.7 Å². The molecule has 3 rings (SSSR count). The van der Waals surface area contributed by atoms with Crippen LogP contribution in [0.2, 0.25) is 0 Å². The number of amides is 3. The Labute approximate surface area is 199 Å². The van der Waals surface area contributed by atoms with Crippen molar-refractivity contribution in [2.45, 2.75) is 84.6 Å². The largest absolute Gasteiger partial charge is 0.457 e. The zero-order valence-electron chi connectivity index (χ0n) is 20.5. The predicted molar refractivity (Wildman–Crippen MR) is 122 cm³/mol. The van der Waals surface area contributed by atoms with Crippen LogP contribution in [0.1, 0.15) is 71.3 Å². The molecule has 0 aromatic carbocycles. The Kier molecular flexibility index (Phi) is 8.16. The number of nitrogens with zero attached hydrogens (tertiary/aromatic N) is 4. The molecule has 188 valence electrons. The van der Waals surface area contributed by atoms with Gasteiger partial charge in [0.25, 0.3) is 0 Å². The minimum atomic E-state index is -0.543. The van der Waals surface area contributed by atoms with E-state index in [0.717, 1.165) is 12.1 Å². The topological polar surface area (TPSA) is 123 Å². The second-order valence-corrected chi connectivity index (χ2v) is 9.62. The standard InChI is InChI=1S/C23H35N5O6/c1-5-6-19(29)24-10-7-20(30)33-15-18-25-13-17-14-27(21(31)28(17)18)16-8-11-26(12-9-16)22(32)34-23(2,3)4/h13,16H,5-12,14-15H2,1-4H3,(H,24,29). The summed E-state index contributed by atoms with van der Waals surface area (Å²) >= 11 is 0. The zero-order chi connectivity index (χ0) is 24.9. The maximum atomic E-state index is 13.1. The monoisotopic (exact) mass is 477 g/mol. The number of carbonyl (C=O) groups is 4. The molecule has 0 bridgehead atoms. The third-order valence-corrected chi connectivity index (χ3v) is 5.72. The minimum Gasteiger partial charge on any atom is -0.457 e. The summed E-state index contributed by atoms with van der Waals surface area (Å²) in [4.78, 5) is 56.5. The molecule has 2 aliphatic rings. The number of hydrogen-bond acceptors (Lipinski definition) is 7. The molecule has 2 aliphatic heterocycles. The third kappa shape index (κ3) is 6.48. The average molecular weight is 478 g/mol. The molecule has 1 N–H and O–H groups in total. The van der Waals surface area contributed by atoms with E-state index in [9.17, 15) is 19.2 Å². The van der Waals surface area contributed by atoms with Crippen molar-refractivity contribution >= 4 is 24.0 Å². The first kappa shape index (κ1) is 25.5. The van der Waals surface area contributed by atoms with Gasteiger partial charge in [0.1, 0.15) is 12.2 Å². The van der Waals surface area contributed by atoms with Crippen molar-refractivity contribution in [2.75, 3.05) is 19.6 Å². The first-order valence-electron chi connectivity index (χ1n) is 11.9. The second-order valence-electron chi connectivity index (χ2n) is 9.62. The normalized spacial score (nSPS) is 16.4. The highest BCUT2D eigenvalue weighted by Crippen LogP contribution is 2.27. The van der Waals surface area contributed by atoms with Crippen LogP contribution in [0.25, 0.3) is 0 Å². The van der Waals surface area contributed by atoms with Gasteiger partial charge in [-0.3, -0.25) is 9.59 Å². The molecule has 1 saturated heterocycles. The summed E-state index contributed by atoms with van der Waals surface area (Å²) < 4.78 is 12.2. The molecule has 0 spiro atoms. The maximum Gasteiger partial charge on any atom is 0.410 e. The average Bonchev–Trinajstić information content (AvgIpc) is 3.31. The van der Waals surface area contributed by atoms with Crippen molar-refractivity contribution in [1.29, 1.82) is 0 Å². The minimum absolute atomic E-state index is 0.00761. The highest BCUT2D eigenvalue weighted by Gasteiger charge is 2.37. The van der Waals surface area contributed by atoms with Crippen molar-refractivity contribution in [3.8, 4) is 0 Å². The molecule has 11 heteroatoms. The number of esters is 1. The Hall–Kier alpha value is -3.11. The highest BCUT2D eigenvalue weighted by molar-refractivity contribution is 5.81. The number of hydrogen-bond donors (Lipinski definition) is 1. The molecule has 0 unspecified atom stereocenters. The van der Waals surface area contributed by atoms with Crippen LogP contribution in [0.15, 0.2) is 6.20 Å². The van der Waals surface area contributed by atoms with Gasteiger partial charge in [0.15, 0.2) is 5.82 Å². The van der Waals surface area contributed by atoms with E-state index >= 15 is 0 Å². The Bertz CT molecular complexity index is 913. The first-order valence-corrected chi connectivity index (χ1v) is 11.9. The molecule has 1 aromatic rings. The number of likely N-dealkylation sites (tertiary alicyclic amines) is 1. The van der Waals surface area contributed by atoms with E-state index in [1.165, 1.54) is 4.57 Å². The van der Waals surface area contributed by atoms with Crippen molar-refractivity contribution < 1.29 is 28.7 Å². The summed E-state index contributed by atoms with van der Waals surface area (Å²) in [6.45, 7) is 9.00. The molecular formula is C23H35N5O6. The van der Waals surface area contributed by atoms with Crippen molar-refractivity contribution in [3.63, 3.8) is 0 Å². The van der Waals surface area contributed by atoms with E-state index in [1.54, 1.807) is 16.0 Å². The van der Waals surface area contributed by atoms with Gasteiger partial charge in [-0.15, -0.1) is 0 Å². The molecule has 3 heterocycles. The number of imidazole rings is 1. The predicted octanol–water partition coefficient (Wildman–Crippen LogP) is 2.42. The van der Waals surface area contributed by atoms with Crippen molar-refractivity contribution in [2.24, 2.45) is 0 Å². The van der Waals surface area contributed by atoms with Gasteiger partial charge in [-0.2, -0.15) is 0 Å². The fraction of sp³-hybridized carbons (Fsp3) is 0.696. The summed E-state index contributed by atoms with van der Waals surface area (Å²) in [5.41, 5.74) is 0.204. The lowest BCUT2D eigenvalue weighted by atomic mass is 10.0. The summed E-state index contributed by atoms with van der Waals surface area (Å²) in [5.74, 6) is -0.188. The van der Waals surface area contributed by atoms with Gasteiger partial charge in [-0.25, -0.2) is 19.1 Å². The van der Waals surface area contributed by atoms with Crippen LogP contribution in [0.5, 0.6) is 0 Å². The molecule has 11 nitrogen and oxygen atoms in total. The van der Waals surface area contributed by atoms with Gasteiger partial charge in [-0.1, -0.05) is 6.92 Å². The number of carbonyl (C=O) groups excluding carboxylic acids is 4. The SMILES string of the molecule is CCCC(=O)NCCC(=O)OCc1ncc2n1C(=O)N(C1CCN(C(=O)OC(C)(C)C)CC1)C2. The van der Waals surface area contributed by atoms with Crippen LogP contribution in [-0.4, -0.2) is 74.6 Å². The molecule has 34 heavy (non-hydrogen) atoms. The Morgan fingerprint density at radius 1 is 1.18 bits per heavy atom. The lowest BCUT2D eigenvalue weighted by Gasteiger charge is -2.36. The van der Waals surface area contributed by atoms with Gasteiger partial charge >= 0.3 is 18.1 Å². The number of fused-ring (bicyclic) bond motifs is 1. The molecule has 0 radical (unpaired) electrons. The number of nitrogens with one attached hydrogen (secondary N) is 1. The summed E-state index contributed by atoms with van der Waals surface area (Å²) in [6.07, 6.45) is 3.85. The molecule has 3 amide bonds. The van der Waals surface area contributed by atoms with Gasteiger partial charge < -0.3 is 24.6 Å². The lowest BCUT2D eigenvalue weighted by molar-refractivity contribution is -0.145. The van der Waals surface area contributed by atoms with Crippen molar-refractivity contribution in [3.05, 3.63) is 17.7 Å². The Morgan fingerprint density at radius 3 is 2.53 bits per heavy atom. The molecule has 1 fully saturated rings. The molecule has 0 atom stereocenters. The maximum absolute atomic E-state index is 13.1. The van der Waals surface area contributed by atoms with E-state index < -0.39 is 11.6 Å². The van der Waals surface area contributed by atoms with Crippen LogP contribution in [0.3, 0.4) is 0 Å². The first-order chi connectivity index (χ1) is 16.1. The van der Waals surface area contributed by atoms with E-state index in [4.69, 9.17) is 9.47 Å². The smallest absolute Gasteiger partial charge is 0.410 e. The third-order valence-electron chi connectivity index (χ3n) is 5.72. The molecular weight excluding hydrogens is 442 g/mol. The zero-order valence-corrected chi connectivity index (χ0v) is 20.5. The number of rotatable bonds is 8. The number of piperidine rings is 1. The molecule has 0 aliphatic carbocycles. The van der Waals surface area contributed by atoms with Crippen molar-refractivity contribution in [1.82, 2.24) is 24.7 Å². The quantitative estimate of drug-likeness (QED) is 0.570. The number of aromatic nitrogens is 2. The Morgan fingerprint density at radius 2 is 1.88 bits per heavy atom. The lowest BCUT2D eigenvalue weighted by Crippen LogP contribution is -2.48. The fourth-order valence-corrected chi connectivity index (χ4v) is 4.06. The number of ether oxygens (including phenoxy) is 2. The summed E-state index contributed by atoms with van der Waals surface area (Å²) in [5, 5.41) is 2.67. The van der Waals surface area contributed by atoms with Gasteiger partial charge in [0.2, 0.25) is 5.91 Å². The summed E-state index contributed by atoms with van der Waals surface area (Å²) in [6, 6.07) is -0.186. The van der Waals surface area contributed by atoms with E-state index in [2.05, 4.69) is 10.3 Å². The van der Waals surface area contributed by atoms with E-state index in [0.29, 0.717) is 44.7 Å². The fourth-order valence-electron chi connectivity index (χ4n) is 4.06. The van der Waals surface area contributed by atoms with E-state index in [-0.39, 0.29) is 43.6 Å². The van der Waals surface area contributed by atoms with Crippen LogP contribution in [0, 0.1) is 0 Å². The Balaban J connectivity index is 1.47. The second kappa shape index (κ2) is 10.9.